The molecule has 25 heavy (non-hydrogen) atoms. The number of anilines is 1. The minimum absolute atomic E-state index is 0.313. The van der Waals surface area contributed by atoms with Crippen LogP contribution in [0.15, 0.2) is 30.3 Å². The van der Waals surface area contributed by atoms with Crippen LogP contribution >= 0.6 is 0 Å². The number of nitrogens with one attached hydrogen (secondary N) is 1. The van der Waals surface area contributed by atoms with Gasteiger partial charge in [-0.05, 0) is 42.4 Å². The van der Waals surface area contributed by atoms with Crippen LogP contribution in [0.4, 0.5) is 5.82 Å². The third-order valence-corrected chi connectivity index (χ3v) is 5.50. The van der Waals surface area contributed by atoms with Crippen LogP contribution in [0.1, 0.15) is 50.7 Å². The second kappa shape index (κ2) is 6.07. The van der Waals surface area contributed by atoms with Crippen LogP contribution < -0.4 is 9.30 Å². The number of para-hydroxylation sites is 2. The fourth-order valence-corrected chi connectivity index (χ4v) is 3.95. The van der Waals surface area contributed by atoms with Gasteiger partial charge in [0.1, 0.15) is 22.7 Å². The van der Waals surface area contributed by atoms with Gasteiger partial charge in [0.05, 0.1) is 13.1 Å². The summed E-state index contributed by atoms with van der Waals surface area (Å²) in [5.41, 5.74) is 5.02. The van der Waals surface area contributed by atoms with E-state index in [1.165, 1.54) is 18.7 Å². The summed E-state index contributed by atoms with van der Waals surface area (Å²) in [6.45, 7) is 8.82. The van der Waals surface area contributed by atoms with Crippen LogP contribution in [-0.2, 0) is 0 Å². The number of H-pyrrole nitrogens is 1. The lowest BCUT2D eigenvalue weighted by Gasteiger charge is -2.28. The van der Waals surface area contributed by atoms with Crippen molar-refractivity contribution in [3.63, 3.8) is 0 Å². The number of imidazole rings is 1. The Morgan fingerprint density at radius 2 is 1.96 bits per heavy atom. The van der Waals surface area contributed by atoms with Crippen LogP contribution in [-0.4, -0.2) is 18.1 Å². The van der Waals surface area contributed by atoms with E-state index in [4.69, 9.17) is 0 Å². The summed E-state index contributed by atoms with van der Waals surface area (Å²) in [6.07, 6.45) is 2.45. The number of nitriles is 1. The van der Waals surface area contributed by atoms with Crippen molar-refractivity contribution in [1.82, 2.24) is 4.98 Å². The molecule has 0 unspecified atom stereocenters. The highest BCUT2D eigenvalue weighted by Crippen LogP contribution is 2.29. The van der Waals surface area contributed by atoms with Gasteiger partial charge in [-0.25, -0.2) is 0 Å². The fourth-order valence-electron chi connectivity index (χ4n) is 3.95. The second-order valence-corrected chi connectivity index (χ2v) is 7.60. The van der Waals surface area contributed by atoms with Crippen molar-refractivity contribution in [3.05, 3.63) is 41.5 Å². The van der Waals surface area contributed by atoms with E-state index in [0.717, 1.165) is 46.8 Å². The van der Waals surface area contributed by atoms with Crippen LogP contribution in [0.2, 0.25) is 0 Å². The second-order valence-electron chi connectivity index (χ2n) is 7.60. The number of benzene rings is 1. The monoisotopic (exact) mass is 333 g/mol. The molecule has 128 valence electrons. The number of nitrogens with zero attached hydrogens (tertiary/aromatic N) is 3. The van der Waals surface area contributed by atoms with Crippen molar-refractivity contribution in [1.29, 1.82) is 5.26 Å². The fraction of sp³-hybridized carbons (Fsp3) is 0.429. The Bertz CT molecular complexity index is 969. The normalized spacial score (nSPS) is 16.0. The molecule has 1 aliphatic rings. The highest BCUT2D eigenvalue weighted by molar-refractivity contribution is 5.77. The van der Waals surface area contributed by atoms with E-state index in [1.807, 2.05) is 6.07 Å². The van der Waals surface area contributed by atoms with Crippen molar-refractivity contribution in [2.75, 3.05) is 18.0 Å². The molecule has 1 fully saturated rings. The molecule has 3 heterocycles. The number of fused-ring (bicyclic) bond motifs is 3. The average Bonchev–Trinajstić information content (AvgIpc) is 3.00. The molecule has 0 amide bonds. The van der Waals surface area contributed by atoms with Gasteiger partial charge in [0, 0.05) is 6.07 Å². The lowest BCUT2D eigenvalue weighted by Crippen LogP contribution is -2.40. The minimum Gasteiger partial charge on any atom is -0.292 e. The molecule has 0 atom stereocenters. The predicted octanol–water partition coefficient (Wildman–Crippen LogP) is 4.14. The Kier molecular flexibility index (Phi) is 3.88. The van der Waals surface area contributed by atoms with Crippen LogP contribution in [0.25, 0.3) is 16.7 Å². The van der Waals surface area contributed by atoms with Crippen molar-refractivity contribution >= 4 is 22.5 Å². The lowest BCUT2D eigenvalue weighted by atomic mass is 9.97. The van der Waals surface area contributed by atoms with Gasteiger partial charge in [0.25, 0.3) is 0 Å². The van der Waals surface area contributed by atoms with Gasteiger partial charge in [0.2, 0.25) is 11.5 Å². The van der Waals surface area contributed by atoms with E-state index in [-0.39, 0.29) is 0 Å². The van der Waals surface area contributed by atoms with Gasteiger partial charge in [-0.15, -0.1) is 0 Å². The Morgan fingerprint density at radius 3 is 2.64 bits per heavy atom. The number of aromatic amines is 1. The smallest absolute Gasteiger partial charge is 0.250 e. The number of piperidine rings is 1. The summed E-state index contributed by atoms with van der Waals surface area (Å²) < 4.78 is 2.25. The van der Waals surface area contributed by atoms with Gasteiger partial charge in [0.15, 0.2) is 0 Å². The zero-order valence-electron chi connectivity index (χ0n) is 15.2. The first-order chi connectivity index (χ1) is 12.1. The molecule has 1 N–H and O–H groups in total. The summed E-state index contributed by atoms with van der Waals surface area (Å²) in [6, 6.07) is 13.0. The van der Waals surface area contributed by atoms with Crippen LogP contribution in [0.5, 0.6) is 0 Å². The molecule has 0 bridgehead atoms. The maximum atomic E-state index is 9.83. The number of pyridine rings is 1. The standard InChI is InChI=1S/C21H24N4/c1-14(2)16-12-20(24-10-8-15(3)9-11-24)25-19-7-5-4-6-18(19)23-21(25)17(16)13-22/h4-7,12,14-15H,8-11H2,1-3H3/p+1. The molecule has 4 heteroatoms. The molecule has 0 aliphatic carbocycles. The van der Waals surface area contributed by atoms with E-state index in [9.17, 15) is 5.26 Å². The summed E-state index contributed by atoms with van der Waals surface area (Å²) in [4.78, 5) is 5.98. The molecular formula is C21H25N4+. The van der Waals surface area contributed by atoms with Gasteiger partial charge in [-0.3, -0.25) is 9.88 Å². The molecule has 1 saturated heterocycles. The number of rotatable bonds is 2. The maximum absolute atomic E-state index is 9.83. The highest BCUT2D eigenvalue weighted by atomic mass is 15.2. The molecule has 3 aromatic rings. The van der Waals surface area contributed by atoms with Crippen molar-refractivity contribution in [2.45, 2.75) is 39.5 Å². The Labute approximate surface area is 148 Å². The molecule has 0 radical (unpaired) electrons. The summed E-state index contributed by atoms with van der Waals surface area (Å²) in [5, 5.41) is 9.83. The summed E-state index contributed by atoms with van der Waals surface area (Å²) in [5.74, 6) is 2.32. The van der Waals surface area contributed by atoms with Crippen molar-refractivity contribution in [2.24, 2.45) is 5.92 Å². The molecule has 1 aromatic carbocycles. The first kappa shape index (κ1) is 16.0. The number of hydrogen-bond donors (Lipinski definition) is 1. The van der Waals surface area contributed by atoms with E-state index in [1.54, 1.807) is 0 Å². The molecule has 4 rings (SSSR count). The lowest BCUT2D eigenvalue weighted by molar-refractivity contribution is -0.467. The van der Waals surface area contributed by atoms with E-state index >= 15 is 0 Å². The van der Waals surface area contributed by atoms with Gasteiger partial charge >= 0.3 is 0 Å². The molecule has 2 aromatic heterocycles. The molecule has 1 aliphatic heterocycles. The zero-order valence-corrected chi connectivity index (χ0v) is 15.2. The van der Waals surface area contributed by atoms with Crippen molar-refractivity contribution in [3.8, 4) is 6.07 Å². The third-order valence-electron chi connectivity index (χ3n) is 5.50. The average molecular weight is 333 g/mol. The van der Waals surface area contributed by atoms with Gasteiger partial charge < -0.3 is 0 Å². The van der Waals surface area contributed by atoms with E-state index in [2.05, 4.69) is 65.4 Å². The Morgan fingerprint density at radius 1 is 1.24 bits per heavy atom. The number of aromatic nitrogens is 2. The van der Waals surface area contributed by atoms with Crippen LogP contribution in [0.3, 0.4) is 0 Å². The zero-order chi connectivity index (χ0) is 17.6. The predicted molar refractivity (Wildman–Crippen MR) is 101 cm³/mol. The minimum atomic E-state index is 0.313. The van der Waals surface area contributed by atoms with E-state index in [0.29, 0.717) is 5.92 Å². The SMILES string of the molecule is CC1CCN(c2cc(C(C)C)c(C#N)c3[nH]c4ccccc4[n+]23)CC1. The van der Waals surface area contributed by atoms with Gasteiger partial charge in [-0.2, -0.15) is 9.66 Å². The number of hydrogen-bond acceptors (Lipinski definition) is 2. The quantitative estimate of drug-likeness (QED) is 0.717. The van der Waals surface area contributed by atoms with Crippen molar-refractivity contribution < 1.29 is 4.40 Å². The molecule has 0 saturated carbocycles. The highest BCUT2D eigenvalue weighted by Gasteiger charge is 2.28. The first-order valence-corrected chi connectivity index (χ1v) is 9.24. The maximum Gasteiger partial charge on any atom is 0.250 e. The molecule has 0 spiro atoms. The van der Waals surface area contributed by atoms with E-state index < -0.39 is 0 Å². The van der Waals surface area contributed by atoms with Gasteiger partial charge in [-0.1, -0.05) is 32.9 Å². The molecule has 4 nitrogen and oxygen atoms in total. The largest absolute Gasteiger partial charge is 0.292 e. The summed E-state index contributed by atoms with van der Waals surface area (Å²) in [7, 11) is 0. The Balaban J connectivity index is 2.04. The first-order valence-electron chi connectivity index (χ1n) is 9.24. The molecular weight excluding hydrogens is 308 g/mol. The Hall–Kier alpha value is -2.54. The topological polar surface area (TPSA) is 46.9 Å². The third kappa shape index (κ3) is 2.55. The van der Waals surface area contributed by atoms with Crippen LogP contribution in [0, 0.1) is 17.2 Å². The summed E-state index contributed by atoms with van der Waals surface area (Å²) >= 11 is 0.